The number of rotatable bonds is 7. The lowest BCUT2D eigenvalue weighted by Gasteiger charge is -2.31. The van der Waals surface area contributed by atoms with E-state index >= 15 is 0 Å². The molecule has 152 valence electrons. The maximum atomic E-state index is 13.2. The van der Waals surface area contributed by atoms with Crippen LogP contribution < -0.4 is 9.75 Å². The molecule has 0 fully saturated rings. The molecule has 0 unspecified atom stereocenters. The molecule has 0 spiro atoms. The summed E-state index contributed by atoms with van der Waals surface area (Å²) in [6, 6.07) is 10.4. The molecule has 5 nitrogen and oxygen atoms in total. The average molecular weight is 391 g/mol. The summed E-state index contributed by atoms with van der Waals surface area (Å²) in [6.45, 7) is 8.57. The third-order valence-corrected chi connectivity index (χ3v) is 4.47. The van der Waals surface area contributed by atoms with E-state index in [0.717, 1.165) is 11.3 Å². The van der Waals surface area contributed by atoms with Crippen molar-refractivity contribution in [2.75, 3.05) is 11.6 Å². The maximum Gasteiger partial charge on any atom is 0.280 e. The number of hydrogen-bond acceptors (Lipinski definition) is 5. The molecule has 1 aromatic carbocycles. The summed E-state index contributed by atoms with van der Waals surface area (Å²) in [4.78, 5) is 4.17. The molecule has 1 aliphatic heterocycles. The fourth-order valence-corrected chi connectivity index (χ4v) is 3.17. The topological polar surface area (TPSA) is 48.8 Å². The highest BCUT2D eigenvalue weighted by molar-refractivity contribution is 5.67. The summed E-state index contributed by atoms with van der Waals surface area (Å²) >= 11 is 0. The van der Waals surface area contributed by atoms with E-state index in [-0.39, 0.29) is 11.8 Å². The van der Waals surface area contributed by atoms with Crippen LogP contribution in [0.2, 0.25) is 0 Å². The van der Waals surface area contributed by atoms with Crippen LogP contribution in [-0.4, -0.2) is 33.3 Å². The molecule has 1 aromatic heterocycles. The Morgan fingerprint density at radius 3 is 2.61 bits per heavy atom. The van der Waals surface area contributed by atoms with Crippen LogP contribution in [0.3, 0.4) is 0 Å². The Morgan fingerprint density at radius 1 is 1.21 bits per heavy atom. The highest BCUT2D eigenvalue weighted by Crippen LogP contribution is 2.40. The van der Waals surface area contributed by atoms with Gasteiger partial charge >= 0.3 is 0 Å². The average Bonchev–Trinajstić information content (AvgIpc) is 2.96. The van der Waals surface area contributed by atoms with E-state index in [1.54, 1.807) is 26.0 Å². The first kappa shape index (κ1) is 20.5. The number of aromatic nitrogens is 1. The molecular weight excluding hydrogens is 364 g/mol. The van der Waals surface area contributed by atoms with Gasteiger partial charge in [-0.25, -0.2) is 18.8 Å². The van der Waals surface area contributed by atoms with Crippen molar-refractivity contribution < 1.29 is 18.6 Å². The number of pyridine rings is 1. The monoisotopic (exact) mass is 391 g/mol. The lowest BCUT2D eigenvalue weighted by Crippen LogP contribution is -2.38. The number of halogens is 2. The third-order valence-electron chi connectivity index (χ3n) is 4.47. The van der Waals surface area contributed by atoms with Gasteiger partial charge < -0.3 is 9.84 Å². The van der Waals surface area contributed by atoms with Crippen LogP contribution in [0.25, 0.3) is 0 Å². The number of hydrogen-bond donors (Lipinski definition) is 1. The predicted molar refractivity (Wildman–Crippen MR) is 105 cm³/mol. The largest absolute Gasteiger partial charge is 0.491 e. The normalized spacial score (nSPS) is 14.8. The second kappa shape index (κ2) is 8.01. The fourth-order valence-electron chi connectivity index (χ4n) is 3.17. The number of anilines is 2. The quantitative estimate of drug-likeness (QED) is 0.732. The lowest BCUT2D eigenvalue weighted by molar-refractivity contribution is 0.0578. The Labute approximate surface area is 164 Å². The third kappa shape index (κ3) is 4.77. The van der Waals surface area contributed by atoms with Gasteiger partial charge in [0.2, 0.25) is 0 Å². The second-order valence-corrected chi connectivity index (χ2v) is 7.94. The molecule has 2 heterocycles. The molecule has 0 radical (unpaired) electrons. The van der Waals surface area contributed by atoms with Crippen LogP contribution in [0.5, 0.6) is 5.75 Å². The highest BCUT2D eigenvalue weighted by atomic mass is 19.3. The second-order valence-electron chi connectivity index (χ2n) is 7.94. The van der Waals surface area contributed by atoms with Crippen LogP contribution in [-0.2, 0) is 6.54 Å². The van der Waals surface area contributed by atoms with Crippen LogP contribution in [0.15, 0.2) is 36.4 Å². The number of hydrazine groups is 1. The lowest BCUT2D eigenvalue weighted by atomic mass is 10.1. The van der Waals surface area contributed by atoms with Gasteiger partial charge in [-0.3, -0.25) is 5.01 Å². The van der Waals surface area contributed by atoms with Crippen LogP contribution in [0, 0.1) is 0 Å². The minimum absolute atomic E-state index is 0.0273. The van der Waals surface area contributed by atoms with Gasteiger partial charge in [0.1, 0.15) is 17.3 Å². The number of benzene rings is 1. The van der Waals surface area contributed by atoms with Crippen molar-refractivity contribution in [3.63, 3.8) is 0 Å². The number of ether oxygens (including phenoxy) is 1. The first-order valence-corrected chi connectivity index (χ1v) is 9.46. The first-order valence-electron chi connectivity index (χ1n) is 9.46. The molecule has 1 aliphatic rings. The van der Waals surface area contributed by atoms with Gasteiger partial charge in [-0.2, -0.15) is 0 Å². The van der Waals surface area contributed by atoms with E-state index in [4.69, 9.17) is 4.74 Å². The Kier molecular flexibility index (Phi) is 5.86. The van der Waals surface area contributed by atoms with Crippen molar-refractivity contribution in [1.29, 1.82) is 0 Å². The molecule has 0 atom stereocenters. The Hall–Kier alpha value is -2.25. The van der Waals surface area contributed by atoms with Gasteiger partial charge in [0, 0.05) is 19.2 Å². The van der Waals surface area contributed by atoms with Crippen molar-refractivity contribution in [3.8, 4) is 5.75 Å². The standard InChI is InChI=1S/C21H27F2N3O2/c1-14(2)28-16-9-8-15-13-25(11-10-21(3,4)27)26(18(15)12-16)19-7-5-6-17(24-19)20(22)23/h5-9,12,14,20,27H,10-11,13H2,1-4H3. The molecule has 28 heavy (non-hydrogen) atoms. The van der Waals surface area contributed by atoms with Crippen LogP contribution >= 0.6 is 0 Å². The van der Waals surface area contributed by atoms with Crippen LogP contribution in [0.4, 0.5) is 20.3 Å². The smallest absolute Gasteiger partial charge is 0.280 e. The first-order chi connectivity index (χ1) is 13.1. The molecular formula is C21H27F2N3O2. The van der Waals surface area contributed by atoms with E-state index in [0.29, 0.717) is 31.1 Å². The predicted octanol–water partition coefficient (Wildman–Crippen LogP) is 4.84. The van der Waals surface area contributed by atoms with Gasteiger partial charge in [0.25, 0.3) is 6.43 Å². The molecule has 0 amide bonds. The summed E-state index contributed by atoms with van der Waals surface area (Å²) in [7, 11) is 0. The van der Waals surface area contributed by atoms with Crippen molar-refractivity contribution in [2.45, 2.75) is 58.8 Å². The molecule has 0 bridgehead atoms. The molecule has 1 N–H and O–H groups in total. The molecule has 3 rings (SSSR count). The number of fused-ring (bicyclic) bond motifs is 1. The van der Waals surface area contributed by atoms with Crippen molar-refractivity contribution in [2.24, 2.45) is 0 Å². The summed E-state index contributed by atoms with van der Waals surface area (Å²) in [5.41, 5.74) is 0.817. The van der Waals surface area contributed by atoms with Crippen molar-refractivity contribution in [3.05, 3.63) is 47.7 Å². The van der Waals surface area contributed by atoms with E-state index in [1.165, 1.54) is 6.07 Å². The van der Waals surface area contributed by atoms with E-state index in [9.17, 15) is 13.9 Å². The Balaban J connectivity index is 1.99. The maximum absolute atomic E-state index is 13.2. The van der Waals surface area contributed by atoms with E-state index in [1.807, 2.05) is 42.1 Å². The molecule has 0 aliphatic carbocycles. The van der Waals surface area contributed by atoms with Gasteiger partial charge in [0.15, 0.2) is 0 Å². The zero-order valence-corrected chi connectivity index (χ0v) is 16.7. The molecule has 0 saturated carbocycles. The number of alkyl halides is 2. The summed E-state index contributed by atoms with van der Waals surface area (Å²) < 4.78 is 32.2. The Morgan fingerprint density at radius 2 is 1.96 bits per heavy atom. The van der Waals surface area contributed by atoms with Gasteiger partial charge in [-0.15, -0.1) is 0 Å². The van der Waals surface area contributed by atoms with Gasteiger partial charge in [0.05, 0.1) is 17.4 Å². The van der Waals surface area contributed by atoms with Crippen molar-refractivity contribution >= 4 is 11.5 Å². The number of nitrogens with zero attached hydrogens (tertiary/aromatic N) is 3. The van der Waals surface area contributed by atoms with Crippen molar-refractivity contribution in [1.82, 2.24) is 9.99 Å². The van der Waals surface area contributed by atoms with E-state index in [2.05, 4.69) is 4.98 Å². The molecule has 2 aromatic rings. The SMILES string of the molecule is CC(C)Oc1ccc2c(c1)N(c1cccc(C(F)F)n1)N(CCC(C)(C)O)C2. The summed E-state index contributed by atoms with van der Waals surface area (Å²) in [6.07, 6.45) is -2.08. The molecule has 7 heteroatoms. The minimum Gasteiger partial charge on any atom is -0.491 e. The van der Waals surface area contributed by atoms with E-state index < -0.39 is 12.0 Å². The highest BCUT2D eigenvalue weighted by Gasteiger charge is 2.31. The minimum atomic E-state index is -2.64. The zero-order chi connectivity index (χ0) is 20.5. The number of aliphatic hydroxyl groups is 1. The summed E-state index contributed by atoms with van der Waals surface area (Å²) in [5, 5.41) is 14.0. The zero-order valence-electron chi connectivity index (χ0n) is 16.7. The summed E-state index contributed by atoms with van der Waals surface area (Å²) in [5.74, 6) is 1.14. The van der Waals surface area contributed by atoms with Gasteiger partial charge in [-0.05, 0) is 57.9 Å². The van der Waals surface area contributed by atoms with Gasteiger partial charge in [-0.1, -0.05) is 12.1 Å². The fraction of sp³-hybridized carbons (Fsp3) is 0.476. The van der Waals surface area contributed by atoms with Crippen LogP contribution in [0.1, 0.15) is 51.8 Å². The Bertz CT molecular complexity index is 822. The molecule has 0 saturated heterocycles.